The number of hydrogen-bond donors (Lipinski definition) is 1. The first-order valence-corrected chi connectivity index (χ1v) is 7.02. The summed E-state index contributed by atoms with van der Waals surface area (Å²) in [5.41, 5.74) is 3.77. The molecule has 6 nitrogen and oxygen atoms in total. The largest absolute Gasteiger partial charge is 0.610 e. The van der Waals surface area contributed by atoms with Gasteiger partial charge in [0.2, 0.25) is 0 Å². The molecule has 1 heterocycles. The van der Waals surface area contributed by atoms with E-state index in [0.717, 1.165) is 5.71 Å². The highest BCUT2D eigenvalue weighted by Crippen LogP contribution is 2.24. The number of nitrogens with one attached hydrogen (secondary N) is 1. The van der Waals surface area contributed by atoms with Crippen LogP contribution in [0.15, 0.2) is 15.2 Å². The van der Waals surface area contributed by atoms with Crippen LogP contribution in [0.2, 0.25) is 0 Å². The molecule has 0 saturated carbocycles. The van der Waals surface area contributed by atoms with Gasteiger partial charge in [-0.3, -0.25) is 4.99 Å². The molecule has 1 unspecified atom stereocenters. The van der Waals surface area contributed by atoms with E-state index in [-0.39, 0.29) is 5.60 Å². The highest BCUT2D eigenvalue weighted by Gasteiger charge is 2.36. The van der Waals surface area contributed by atoms with Gasteiger partial charge in [0.05, 0.1) is 12.1 Å². The molecular formula is C11H20N4O2S. The Kier molecular flexibility index (Phi) is 5.15. The Morgan fingerprint density at radius 2 is 2.28 bits per heavy atom. The smallest absolute Gasteiger partial charge is 0.259 e. The topological polar surface area (TPSA) is 81.4 Å². The number of aliphatic imine (C=N–C) groups is 1. The monoisotopic (exact) mass is 272 g/mol. The van der Waals surface area contributed by atoms with Gasteiger partial charge in [-0.15, -0.1) is 0 Å². The molecule has 102 valence electrons. The first-order chi connectivity index (χ1) is 8.39. The van der Waals surface area contributed by atoms with Crippen LogP contribution in [-0.2, 0) is 16.0 Å². The Balaban J connectivity index is 2.65. The van der Waals surface area contributed by atoms with Gasteiger partial charge in [0.15, 0.2) is 5.75 Å². The summed E-state index contributed by atoms with van der Waals surface area (Å²) in [5.74, 6) is 0.311. The van der Waals surface area contributed by atoms with Gasteiger partial charge in [-0.2, -0.15) is 5.10 Å². The number of hydrogen-bond acceptors (Lipinski definition) is 6. The summed E-state index contributed by atoms with van der Waals surface area (Å²) in [5, 5.41) is 8.50. The van der Waals surface area contributed by atoms with Gasteiger partial charge in [-0.1, -0.05) is 0 Å². The van der Waals surface area contributed by atoms with Crippen LogP contribution < -0.4 is 5.43 Å². The number of nitrogens with zero attached hydrogens (tertiary/aromatic N) is 3. The Hall–Kier alpha value is -1.08. The molecule has 0 fully saturated rings. The summed E-state index contributed by atoms with van der Waals surface area (Å²) in [6.45, 7) is 5.67. The zero-order valence-corrected chi connectivity index (χ0v) is 12.3. The van der Waals surface area contributed by atoms with Gasteiger partial charge in [-0.25, -0.2) is 0 Å². The zero-order valence-electron chi connectivity index (χ0n) is 11.5. The normalized spacial score (nSPS) is 21.3. The van der Waals surface area contributed by atoms with E-state index in [4.69, 9.17) is 4.84 Å². The van der Waals surface area contributed by atoms with E-state index in [1.54, 1.807) is 14.1 Å². The molecule has 0 amide bonds. The molecule has 1 aliphatic rings. The van der Waals surface area contributed by atoms with Crippen LogP contribution in [0.1, 0.15) is 27.2 Å². The highest BCUT2D eigenvalue weighted by atomic mass is 32.2. The van der Waals surface area contributed by atoms with Gasteiger partial charge < -0.3 is 14.8 Å². The fraction of sp³-hybridized carbons (Fsp3) is 0.727. The van der Waals surface area contributed by atoms with E-state index in [9.17, 15) is 4.55 Å². The molecule has 0 aromatic heterocycles. The molecule has 0 radical (unpaired) electrons. The van der Waals surface area contributed by atoms with Crippen LogP contribution >= 0.6 is 0 Å². The maximum atomic E-state index is 12.2. The average Bonchev–Trinajstić information content (AvgIpc) is 2.66. The van der Waals surface area contributed by atoms with Crippen molar-refractivity contribution in [2.45, 2.75) is 32.8 Å². The van der Waals surface area contributed by atoms with Crippen molar-refractivity contribution in [2.24, 2.45) is 15.2 Å². The summed E-state index contributed by atoms with van der Waals surface area (Å²) < 4.78 is 12.2. The lowest BCUT2D eigenvalue weighted by Crippen LogP contribution is -2.30. The molecule has 1 N–H and O–H groups in total. The first kappa shape index (κ1) is 15.0. The molecule has 7 heteroatoms. The zero-order chi connectivity index (χ0) is 13.8. The Morgan fingerprint density at radius 1 is 1.61 bits per heavy atom. The first-order valence-electron chi connectivity index (χ1n) is 5.70. The third kappa shape index (κ3) is 3.99. The van der Waals surface area contributed by atoms with Crippen molar-refractivity contribution in [3.8, 4) is 0 Å². The summed E-state index contributed by atoms with van der Waals surface area (Å²) in [6, 6.07) is 0. The minimum Gasteiger partial charge on any atom is -0.610 e. The number of rotatable bonds is 4. The lowest BCUT2D eigenvalue weighted by molar-refractivity contribution is 0.0123. The van der Waals surface area contributed by atoms with Gasteiger partial charge in [0, 0.05) is 25.3 Å². The van der Waals surface area contributed by atoms with E-state index < -0.39 is 11.2 Å². The predicted octanol–water partition coefficient (Wildman–Crippen LogP) is 0.914. The van der Waals surface area contributed by atoms with Crippen LogP contribution in [0.3, 0.4) is 0 Å². The maximum absolute atomic E-state index is 12.2. The van der Waals surface area contributed by atoms with E-state index >= 15 is 0 Å². The summed E-state index contributed by atoms with van der Waals surface area (Å²) in [4.78, 5) is 9.32. The summed E-state index contributed by atoms with van der Waals surface area (Å²) in [7, 11) is 3.38. The highest BCUT2D eigenvalue weighted by molar-refractivity contribution is 8.07. The Labute approximate surface area is 111 Å². The third-order valence-corrected chi connectivity index (χ3v) is 3.75. The minimum atomic E-state index is -1.21. The quantitative estimate of drug-likeness (QED) is 0.469. The van der Waals surface area contributed by atoms with Crippen LogP contribution in [0, 0.1) is 0 Å². The van der Waals surface area contributed by atoms with Crippen molar-refractivity contribution >= 4 is 27.6 Å². The standard InChI is InChI=1S/C11H20N4O2S/c1-8(14-13-5)9(12-4)7-18(16)10-6-11(2,3)17-15-10/h13H,6-7H2,1-5H3/b12-9-,14-8-. The fourth-order valence-corrected chi connectivity index (χ4v) is 2.88. The molecule has 18 heavy (non-hydrogen) atoms. The minimum absolute atomic E-state index is 0.311. The second kappa shape index (κ2) is 6.19. The summed E-state index contributed by atoms with van der Waals surface area (Å²) >= 11 is -1.21. The number of oxime groups is 1. The van der Waals surface area contributed by atoms with Crippen LogP contribution in [0.25, 0.3) is 0 Å². The fourth-order valence-electron chi connectivity index (χ4n) is 1.50. The van der Waals surface area contributed by atoms with Crippen molar-refractivity contribution in [3.63, 3.8) is 0 Å². The molecule has 0 aromatic rings. The molecule has 1 rings (SSSR count). The Morgan fingerprint density at radius 3 is 2.72 bits per heavy atom. The molecule has 0 saturated heterocycles. The third-order valence-electron chi connectivity index (χ3n) is 2.47. The summed E-state index contributed by atoms with van der Waals surface area (Å²) in [6.07, 6.45) is 0.582. The van der Waals surface area contributed by atoms with Gasteiger partial charge in [0.25, 0.3) is 5.04 Å². The molecular weight excluding hydrogens is 252 g/mol. The van der Waals surface area contributed by atoms with Gasteiger partial charge >= 0.3 is 0 Å². The van der Waals surface area contributed by atoms with Gasteiger partial charge in [0.1, 0.15) is 11.3 Å². The van der Waals surface area contributed by atoms with Crippen molar-refractivity contribution in [3.05, 3.63) is 0 Å². The van der Waals surface area contributed by atoms with E-state index in [1.165, 1.54) is 0 Å². The van der Waals surface area contributed by atoms with E-state index in [1.807, 2.05) is 20.8 Å². The van der Waals surface area contributed by atoms with Crippen LogP contribution in [-0.4, -0.2) is 46.5 Å². The second-order valence-electron chi connectivity index (χ2n) is 4.59. The van der Waals surface area contributed by atoms with Crippen molar-refractivity contribution in [2.75, 3.05) is 19.8 Å². The second-order valence-corrected chi connectivity index (χ2v) is 6.04. The van der Waals surface area contributed by atoms with Gasteiger partial charge in [-0.05, 0) is 25.9 Å². The Bertz CT molecular complexity index is 391. The lowest BCUT2D eigenvalue weighted by atomic mass is 10.1. The molecule has 0 aromatic carbocycles. The van der Waals surface area contributed by atoms with E-state index in [2.05, 4.69) is 20.7 Å². The maximum Gasteiger partial charge on any atom is 0.259 e. The van der Waals surface area contributed by atoms with Crippen LogP contribution in [0.5, 0.6) is 0 Å². The van der Waals surface area contributed by atoms with Crippen molar-refractivity contribution in [1.29, 1.82) is 0 Å². The molecule has 0 spiro atoms. The number of hydrazone groups is 1. The van der Waals surface area contributed by atoms with Crippen molar-refractivity contribution < 1.29 is 9.39 Å². The van der Waals surface area contributed by atoms with Crippen LogP contribution in [0.4, 0.5) is 0 Å². The molecule has 0 aliphatic carbocycles. The SMILES string of the molecule is C/N=C(C[S+]([O-])C1=NOC(C)(C)C1)\C(C)=N/NC. The lowest BCUT2D eigenvalue weighted by Gasteiger charge is -2.14. The molecule has 0 bridgehead atoms. The molecule has 1 aliphatic heterocycles. The van der Waals surface area contributed by atoms with Crippen molar-refractivity contribution in [1.82, 2.24) is 5.43 Å². The van der Waals surface area contributed by atoms with E-state index in [0.29, 0.717) is 22.9 Å². The molecule has 1 atom stereocenters. The predicted molar refractivity (Wildman–Crippen MR) is 75.8 cm³/mol. The average molecular weight is 272 g/mol.